The van der Waals surface area contributed by atoms with Gasteiger partial charge in [-0.3, -0.25) is 0 Å². The van der Waals surface area contributed by atoms with Crippen LogP contribution in [0.2, 0.25) is 0 Å². The highest BCUT2D eigenvalue weighted by Gasteiger charge is 2.20. The Labute approximate surface area is 105 Å². The summed E-state index contributed by atoms with van der Waals surface area (Å²) in [6, 6.07) is 0. The van der Waals surface area contributed by atoms with Crippen molar-refractivity contribution in [3.8, 4) is 0 Å². The molecule has 1 saturated carbocycles. The fraction of sp³-hybridized carbons (Fsp3) is 0.733. The van der Waals surface area contributed by atoms with E-state index in [4.69, 9.17) is 4.74 Å². The Kier molecular flexibility index (Phi) is 6.53. The van der Waals surface area contributed by atoms with Gasteiger partial charge in [0, 0.05) is 7.11 Å². The van der Waals surface area contributed by atoms with Gasteiger partial charge in [0.2, 0.25) is 0 Å². The minimum atomic E-state index is -0.183. The van der Waals surface area contributed by atoms with Crippen molar-refractivity contribution < 1.29 is 9.84 Å². The number of aliphatic hydroxyl groups is 1. The van der Waals surface area contributed by atoms with E-state index in [1.807, 2.05) is 19.1 Å². The van der Waals surface area contributed by atoms with E-state index in [9.17, 15) is 5.11 Å². The summed E-state index contributed by atoms with van der Waals surface area (Å²) in [5, 5.41) is 10.1. The second kappa shape index (κ2) is 7.67. The number of rotatable bonds is 6. The van der Waals surface area contributed by atoms with Gasteiger partial charge >= 0.3 is 0 Å². The fourth-order valence-electron chi connectivity index (χ4n) is 2.36. The maximum absolute atomic E-state index is 10.1. The molecule has 0 bridgehead atoms. The van der Waals surface area contributed by atoms with Crippen LogP contribution in [0.5, 0.6) is 0 Å². The molecule has 0 aliphatic heterocycles. The van der Waals surface area contributed by atoms with Crippen LogP contribution in [-0.4, -0.2) is 24.4 Å². The molecule has 1 N–H and O–H groups in total. The van der Waals surface area contributed by atoms with E-state index in [2.05, 4.69) is 6.58 Å². The Morgan fingerprint density at radius 2 is 2.06 bits per heavy atom. The van der Waals surface area contributed by atoms with Crippen LogP contribution < -0.4 is 0 Å². The first-order chi connectivity index (χ1) is 8.15. The molecular formula is C15H26O2. The molecule has 0 heterocycles. The normalized spacial score (nSPS) is 21.6. The molecule has 0 amide bonds. The molecule has 0 aromatic heterocycles. The van der Waals surface area contributed by atoms with Crippen LogP contribution in [0.3, 0.4) is 0 Å². The van der Waals surface area contributed by atoms with Crippen molar-refractivity contribution in [3.05, 3.63) is 24.3 Å². The summed E-state index contributed by atoms with van der Waals surface area (Å²) in [5.74, 6) is 0.501. The van der Waals surface area contributed by atoms with Gasteiger partial charge in [0.25, 0.3) is 0 Å². The van der Waals surface area contributed by atoms with Crippen LogP contribution in [-0.2, 0) is 4.74 Å². The Hall–Kier alpha value is -0.600. The van der Waals surface area contributed by atoms with Crippen LogP contribution in [0.25, 0.3) is 0 Å². The quantitative estimate of drug-likeness (QED) is 0.718. The zero-order valence-corrected chi connectivity index (χ0v) is 11.2. The highest BCUT2D eigenvalue weighted by Crippen LogP contribution is 2.27. The monoisotopic (exact) mass is 238 g/mol. The van der Waals surface area contributed by atoms with Gasteiger partial charge in [0.05, 0.1) is 12.2 Å². The zero-order valence-electron chi connectivity index (χ0n) is 11.2. The summed E-state index contributed by atoms with van der Waals surface area (Å²) in [6.07, 6.45) is 10.9. The van der Waals surface area contributed by atoms with Crippen molar-refractivity contribution >= 4 is 0 Å². The van der Waals surface area contributed by atoms with Crippen LogP contribution in [0.4, 0.5) is 0 Å². The van der Waals surface area contributed by atoms with Crippen LogP contribution in [0.1, 0.15) is 45.4 Å². The lowest BCUT2D eigenvalue weighted by molar-refractivity contribution is 0.0873. The van der Waals surface area contributed by atoms with Crippen LogP contribution in [0, 0.1) is 5.92 Å². The van der Waals surface area contributed by atoms with Gasteiger partial charge in [0.1, 0.15) is 0 Å². The predicted molar refractivity (Wildman–Crippen MR) is 71.9 cm³/mol. The molecule has 1 aliphatic rings. The van der Waals surface area contributed by atoms with Crippen molar-refractivity contribution in [2.24, 2.45) is 5.92 Å². The lowest BCUT2D eigenvalue weighted by Gasteiger charge is -2.25. The van der Waals surface area contributed by atoms with E-state index in [-0.39, 0.29) is 12.2 Å². The minimum absolute atomic E-state index is 0.0538. The van der Waals surface area contributed by atoms with Gasteiger partial charge in [0.15, 0.2) is 0 Å². The summed E-state index contributed by atoms with van der Waals surface area (Å²) in [7, 11) is 1.68. The van der Waals surface area contributed by atoms with E-state index in [1.54, 1.807) is 7.11 Å². The molecule has 0 saturated heterocycles. The number of hydrogen-bond donors (Lipinski definition) is 1. The summed E-state index contributed by atoms with van der Waals surface area (Å²) >= 11 is 0. The predicted octanol–water partition coefficient (Wildman–Crippen LogP) is 3.47. The van der Waals surface area contributed by atoms with E-state index in [0.29, 0.717) is 5.92 Å². The summed E-state index contributed by atoms with van der Waals surface area (Å²) in [4.78, 5) is 0. The van der Waals surface area contributed by atoms with E-state index >= 15 is 0 Å². The molecule has 0 spiro atoms. The van der Waals surface area contributed by atoms with Crippen molar-refractivity contribution in [2.75, 3.05) is 7.11 Å². The topological polar surface area (TPSA) is 29.5 Å². The van der Waals surface area contributed by atoms with Gasteiger partial charge < -0.3 is 9.84 Å². The number of methoxy groups -OCH3 is 1. The van der Waals surface area contributed by atoms with Gasteiger partial charge in [-0.05, 0) is 37.7 Å². The highest BCUT2D eigenvalue weighted by atomic mass is 16.5. The number of ether oxygens (including phenoxy) is 1. The Morgan fingerprint density at radius 1 is 1.41 bits per heavy atom. The first kappa shape index (κ1) is 14.5. The average Bonchev–Trinajstić information content (AvgIpc) is 2.38. The Bertz CT molecular complexity index is 252. The summed E-state index contributed by atoms with van der Waals surface area (Å²) in [6.45, 7) is 5.92. The molecule has 0 aromatic rings. The third-order valence-corrected chi connectivity index (χ3v) is 3.78. The maximum Gasteiger partial charge on any atom is 0.0787 e. The van der Waals surface area contributed by atoms with Crippen LogP contribution >= 0.6 is 0 Å². The SMILES string of the molecule is C=C(/C=C/CC(O)C1CCCCC1)C(C)OC. The number of aliphatic hydroxyl groups excluding tert-OH is 1. The van der Waals surface area contributed by atoms with Crippen molar-refractivity contribution in [3.63, 3.8) is 0 Å². The molecular weight excluding hydrogens is 212 g/mol. The smallest absolute Gasteiger partial charge is 0.0787 e. The van der Waals surface area contributed by atoms with Gasteiger partial charge in [-0.1, -0.05) is 38.0 Å². The third-order valence-electron chi connectivity index (χ3n) is 3.78. The second-order valence-electron chi connectivity index (χ2n) is 5.06. The molecule has 2 nitrogen and oxygen atoms in total. The standard InChI is InChI=1S/C15H26O2/c1-12(13(2)17-3)8-7-11-15(16)14-9-5-4-6-10-14/h7-8,13-16H,1,4-6,9-11H2,2-3H3/b8-7+. The van der Waals surface area contributed by atoms with Gasteiger partial charge in [-0.25, -0.2) is 0 Å². The maximum atomic E-state index is 10.1. The average molecular weight is 238 g/mol. The Balaban J connectivity index is 2.28. The lowest BCUT2D eigenvalue weighted by atomic mass is 9.84. The van der Waals surface area contributed by atoms with Crippen molar-refractivity contribution in [2.45, 2.75) is 57.7 Å². The lowest BCUT2D eigenvalue weighted by Crippen LogP contribution is -2.22. The number of hydrogen-bond acceptors (Lipinski definition) is 2. The summed E-state index contributed by atoms with van der Waals surface area (Å²) in [5.41, 5.74) is 0.961. The second-order valence-corrected chi connectivity index (χ2v) is 5.06. The molecule has 17 heavy (non-hydrogen) atoms. The molecule has 2 atom stereocenters. The third kappa shape index (κ3) is 5.05. The first-order valence-electron chi connectivity index (χ1n) is 6.71. The van der Waals surface area contributed by atoms with Crippen molar-refractivity contribution in [1.82, 2.24) is 0 Å². The minimum Gasteiger partial charge on any atom is -0.393 e. The largest absolute Gasteiger partial charge is 0.393 e. The van der Waals surface area contributed by atoms with E-state index < -0.39 is 0 Å². The van der Waals surface area contributed by atoms with Crippen LogP contribution in [0.15, 0.2) is 24.3 Å². The van der Waals surface area contributed by atoms with E-state index in [1.165, 1.54) is 32.1 Å². The molecule has 2 unspecified atom stereocenters. The van der Waals surface area contributed by atoms with Gasteiger partial charge in [-0.2, -0.15) is 0 Å². The molecule has 1 aliphatic carbocycles. The molecule has 1 fully saturated rings. The van der Waals surface area contributed by atoms with Gasteiger partial charge in [-0.15, -0.1) is 0 Å². The molecule has 0 radical (unpaired) electrons. The molecule has 2 heteroatoms. The fourth-order valence-corrected chi connectivity index (χ4v) is 2.36. The van der Waals surface area contributed by atoms with Crippen molar-refractivity contribution in [1.29, 1.82) is 0 Å². The zero-order chi connectivity index (χ0) is 12.7. The highest BCUT2D eigenvalue weighted by molar-refractivity contribution is 5.18. The molecule has 98 valence electrons. The molecule has 0 aromatic carbocycles. The summed E-state index contributed by atoms with van der Waals surface area (Å²) < 4.78 is 5.17. The Morgan fingerprint density at radius 3 is 2.65 bits per heavy atom. The van der Waals surface area contributed by atoms with E-state index in [0.717, 1.165) is 12.0 Å². The molecule has 1 rings (SSSR count). The first-order valence-corrected chi connectivity index (χ1v) is 6.71.